The molecule has 202 valence electrons. The van der Waals surface area contributed by atoms with Crippen molar-refractivity contribution in [2.45, 2.75) is 44.3 Å². The highest BCUT2D eigenvalue weighted by Crippen LogP contribution is 2.27. The predicted molar refractivity (Wildman–Crippen MR) is 142 cm³/mol. The van der Waals surface area contributed by atoms with Crippen LogP contribution in [0.5, 0.6) is 0 Å². The van der Waals surface area contributed by atoms with Crippen LogP contribution in [-0.4, -0.2) is 86.2 Å². The van der Waals surface area contributed by atoms with E-state index in [1.54, 1.807) is 17.0 Å². The second kappa shape index (κ2) is 13.5. The maximum absolute atomic E-state index is 13.4. The highest BCUT2D eigenvalue weighted by molar-refractivity contribution is 7.89. The van der Waals surface area contributed by atoms with Crippen LogP contribution in [0.4, 0.5) is 0 Å². The van der Waals surface area contributed by atoms with Crippen molar-refractivity contribution in [3.05, 3.63) is 71.8 Å². The zero-order chi connectivity index (χ0) is 26.1. The van der Waals surface area contributed by atoms with Gasteiger partial charge in [-0.1, -0.05) is 61.4 Å². The molecule has 1 aliphatic heterocycles. The van der Waals surface area contributed by atoms with Crippen LogP contribution in [0.3, 0.4) is 0 Å². The third-order valence-corrected chi connectivity index (χ3v) is 8.96. The van der Waals surface area contributed by atoms with Crippen LogP contribution < -0.4 is 0 Å². The second-order valence-corrected chi connectivity index (χ2v) is 12.0. The smallest absolute Gasteiger partial charge is 0.253 e. The van der Waals surface area contributed by atoms with Crippen LogP contribution in [0.1, 0.15) is 41.6 Å². The van der Waals surface area contributed by atoms with Gasteiger partial charge >= 0.3 is 0 Å². The average Bonchev–Trinajstić information content (AvgIpc) is 3.61. The molecule has 1 saturated carbocycles. The molecule has 1 heterocycles. The van der Waals surface area contributed by atoms with Crippen molar-refractivity contribution in [3.63, 3.8) is 0 Å². The summed E-state index contributed by atoms with van der Waals surface area (Å²) in [6, 6.07) is 18.9. The maximum Gasteiger partial charge on any atom is 0.253 e. The number of amides is 1. The maximum atomic E-state index is 13.4. The minimum atomic E-state index is -3.69. The van der Waals surface area contributed by atoms with Crippen LogP contribution in [-0.2, 0) is 25.9 Å². The first-order valence-electron chi connectivity index (χ1n) is 13.1. The van der Waals surface area contributed by atoms with Gasteiger partial charge in [0.05, 0.1) is 24.6 Å². The van der Waals surface area contributed by atoms with Crippen LogP contribution in [0.2, 0.25) is 0 Å². The number of carbonyl (C=O) groups is 1. The third-order valence-electron chi connectivity index (χ3n) is 7.08. The fourth-order valence-corrected chi connectivity index (χ4v) is 6.80. The largest absolute Gasteiger partial charge is 0.390 e. The van der Waals surface area contributed by atoms with E-state index in [1.807, 2.05) is 48.5 Å². The SMILES string of the molecule is O=C(c1ccccc1)N(CCc1ccccc1)C[C@H](O)CN(CC1CCCC1)S(=O)(=O)CC1COCO1. The molecule has 2 atom stereocenters. The Labute approximate surface area is 220 Å². The summed E-state index contributed by atoms with van der Waals surface area (Å²) in [6.07, 6.45) is 3.27. The van der Waals surface area contributed by atoms with E-state index in [4.69, 9.17) is 9.47 Å². The normalized spacial score (nSPS) is 19.4. The molecule has 2 aliphatic rings. The summed E-state index contributed by atoms with van der Waals surface area (Å²) in [4.78, 5) is 15.0. The van der Waals surface area contributed by atoms with Gasteiger partial charge in [-0.3, -0.25) is 4.79 Å². The van der Waals surface area contributed by atoms with E-state index in [-0.39, 0.29) is 44.1 Å². The third kappa shape index (κ3) is 8.35. The van der Waals surface area contributed by atoms with Crippen LogP contribution in [0.25, 0.3) is 0 Å². The Hall–Kier alpha value is -2.30. The molecule has 2 aromatic carbocycles. The zero-order valence-corrected chi connectivity index (χ0v) is 22.1. The van der Waals surface area contributed by atoms with Gasteiger partial charge in [0.25, 0.3) is 5.91 Å². The van der Waals surface area contributed by atoms with Gasteiger partial charge in [0, 0.05) is 31.7 Å². The van der Waals surface area contributed by atoms with E-state index in [9.17, 15) is 18.3 Å². The Kier molecular flexibility index (Phi) is 10.1. The lowest BCUT2D eigenvalue weighted by Crippen LogP contribution is -2.47. The molecule has 1 saturated heterocycles. The predicted octanol–water partition coefficient (Wildman–Crippen LogP) is 2.93. The molecule has 1 aliphatic carbocycles. The molecule has 0 radical (unpaired) electrons. The molecule has 9 heteroatoms. The number of benzene rings is 2. The number of nitrogens with zero attached hydrogens (tertiary/aromatic N) is 2. The van der Waals surface area contributed by atoms with Crippen molar-refractivity contribution < 1.29 is 27.8 Å². The summed E-state index contributed by atoms with van der Waals surface area (Å²) in [5.41, 5.74) is 1.63. The van der Waals surface area contributed by atoms with Crippen molar-refractivity contribution in [2.75, 3.05) is 45.3 Å². The van der Waals surface area contributed by atoms with Crippen molar-refractivity contribution in [3.8, 4) is 0 Å². The Morgan fingerprint density at radius 3 is 2.32 bits per heavy atom. The van der Waals surface area contributed by atoms with Gasteiger partial charge in [-0.05, 0) is 42.9 Å². The van der Waals surface area contributed by atoms with Gasteiger partial charge in [-0.15, -0.1) is 0 Å². The zero-order valence-electron chi connectivity index (χ0n) is 21.3. The van der Waals surface area contributed by atoms with Crippen molar-refractivity contribution >= 4 is 15.9 Å². The lowest BCUT2D eigenvalue weighted by molar-refractivity contribution is 0.0513. The summed E-state index contributed by atoms with van der Waals surface area (Å²) in [6.45, 7) is 1.12. The first kappa shape index (κ1) is 27.7. The van der Waals surface area contributed by atoms with Crippen LogP contribution in [0.15, 0.2) is 60.7 Å². The fraction of sp³-hybridized carbons (Fsp3) is 0.536. The average molecular weight is 531 g/mol. The quantitative estimate of drug-likeness (QED) is 0.428. The Bertz CT molecular complexity index is 1070. The number of carbonyl (C=O) groups excluding carboxylic acids is 1. The van der Waals surface area contributed by atoms with Crippen LogP contribution >= 0.6 is 0 Å². The minimum Gasteiger partial charge on any atom is -0.390 e. The van der Waals surface area contributed by atoms with Gasteiger partial charge in [0.2, 0.25) is 10.0 Å². The minimum absolute atomic E-state index is 0.0420. The van der Waals surface area contributed by atoms with E-state index >= 15 is 0 Å². The van der Waals surface area contributed by atoms with E-state index < -0.39 is 22.2 Å². The summed E-state index contributed by atoms with van der Waals surface area (Å²) < 4.78 is 38.7. The Morgan fingerprint density at radius 1 is 1.00 bits per heavy atom. The van der Waals surface area contributed by atoms with Gasteiger partial charge in [-0.25, -0.2) is 8.42 Å². The second-order valence-electron chi connectivity index (χ2n) is 10.0. The number of aliphatic hydroxyl groups excluding tert-OH is 1. The van der Waals surface area contributed by atoms with Gasteiger partial charge in [0.15, 0.2) is 0 Å². The summed E-state index contributed by atoms with van der Waals surface area (Å²) in [5.74, 6) is -0.0762. The van der Waals surface area contributed by atoms with Gasteiger partial charge < -0.3 is 19.5 Å². The molecular formula is C28H38N2O6S. The standard InChI is InChI=1S/C28H38N2O6S/c31-26(19-30(17-24-11-7-8-12-24)37(33,34)21-27-20-35-22-36-27)18-29(16-15-23-9-3-1-4-10-23)28(32)25-13-5-2-6-14-25/h1-6,9-10,13-14,24,26-27,31H,7-8,11-12,15-22H2/t26-,27?/m0/s1. The number of hydrogen-bond acceptors (Lipinski definition) is 6. The Balaban J connectivity index is 1.46. The van der Waals surface area contributed by atoms with Crippen molar-refractivity contribution in [2.24, 2.45) is 5.92 Å². The molecular weight excluding hydrogens is 492 g/mol. The van der Waals surface area contributed by atoms with Crippen LogP contribution in [0, 0.1) is 5.92 Å². The van der Waals surface area contributed by atoms with E-state index in [0.29, 0.717) is 25.1 Å². The number of ether oxygens (including phenoxy) is 2. The first-order valence-corrected chi connectivity index (χ1v) is 14.7. The molecule has 2 fully saturated rings. The lowest BCUT2D eigenvalue weighted by atomic mass is 10.1. The fourth-order valence-electron chi connectivity index (χ4n) is 5.09. The summed E-state index contributed by atoms with van der Waals surface area (Å²) in [7, 11) is -3.69. The molecule has 0 spiro atoms. The number of rotatable bonds is 13. The highest BCUT2D eigenvalue weighted by Gasteiger charge is 2.33. The molecule has 37 heavy (non-hydrogen) atoms. The molecule has 8 nitrogen and oxygen atoms in total. The van der Waals surface area contributed by atoms with Crippen molar-refractivity contribution in [1.82, 2.24) is 9.21 Å². The molecule has 2 aromatic rings. The first-order chi connectivity index (χ1) is 17.9. The Morgan fingerprint density at radius 2 is 1.68 bits per heavy atom. The highest BCUT2D eigenvalue weighted by atomic mass is 32.2. The molecule has 1 unspecified atom stereocenters. The molecule has 0 aromatic heterocycles. The van der Waals surface area contributed by atoms with E-state index in [1.165, 1.54) is 4.31 Å². The van der Waals surface area contributed by atoms with E-state index in [2.05, 4.69) is 0 Å². The van der Waals surface area contributed by atoms with Gasteiger partial charge in [0.1, 0.15) is 6.79 Å². The lowest BCUT2D eigenvalue weighted by Gasteiger charge is -2.31. The topological polar surface area (TPSA) is 96.4 Å². The number of hydrogen-bond donors (Lipinski definition) is 1. The molecule has 1 amide bonds. The number of aliphatic hydroxyl groups is 1. The molecule has 0 bridgehead atoms. The molecule has 4 rings (SSSR count). The monoisotopic (exact) mass is 530 g/mol. The van der Waals surface area contributed by atoms with Gasteiger partial charge in [-0.2, -0.15) is 4.31 Å². The summed E-state index contributed by atoms with van der Waals surface area (Å²) >= 11 is 0. The number of sulfonamides is 1. The van der Waals surface area contributed by atoms with E-state index in [0.717, 1.165) is 31.2 Å². The summed E-state index contributed by atoms with van der Waals surface area (Å²) in [5, 5.41) is 11.1. The molecule has 1 N–H and O–H groups in total. The van der Waals surface area contributed by atoms with Crippen molar-refractivity contribution in [1.29, 1.82) is 0 Å².